The quantitative estimate of drug-likeness (QED) is 0.766. The molecular weight excluding hydrogens is 351 g/mol. The molecule has 0 saturated carbocycles. The van der Waals surface area contributed by atoms with Crippen LogP contribution in [-0.4, -0.2) is 47.3 Å². The molecule has 27 heavy (non-hydrogen) atoms. The summed E-state index contributed by atoms with van der Waals surface area (Å²) in [7, 11) is 4.68. The van der Waals surface area contributed by atoms with Gasteiger partial charge in [0.1, 0.15) is 11.4 Å². The van der Waals surface area contributed by atoms with E-state index in [1.54, 1.807) is 38.4 Å². The van der Waals surface area contributed by atoms with E-state index in [9.17, 15) is 14.0 Å². The molecule has 0 aliphatic heterocycles. The number of aryl methyl sites for hydroxylation is 1. The van der Waals surface area contributed by atoms with Crippen LogP contribution in [0.3, 0.4) is 0 Å². The van der Waals surface area contributed by atoms with Crippen LogP contribution in [0.4, 0.5) is 10.1 Å². The van der Waals surface area contributed by atoms with Gasteiger partial charge in [0, 0.05) is 26.0 Å². The maximum absolute atomic E-state index is 14.5. The SMILES string of the molecule is COc1ccc(NC(=O)c2nc3cc(C)ccn3c2F)cc1C(=O)N(C)C. The lowest BCUT2D eigenvalue weighted by molar-refractivity contribution is 0.0824. The van der Waals surface area contributed by atoms with E-state index in [0.29, 0.717) is 17.1 Å². The second-order valence-electron chi connectivity index (χ2n) is 6.25. The number of methoxy groups -OCH3 is 1. The number of hydrogen-bond donors (Lipinski definition) is 1. The smallest absolute Gasteiger partial charge is 0.279 e. The van der Waals surface area contributed by atoms with Crippen LogP contribution in [0, 0.1) is 12.9 Å². The molecule has 1 N–H and O–H groups in total. The minimum atomic E-state index is -0.749. The van der Waals surface area contributed by atoms with E-state index in [1.165, 1.54) is 28.7 Å². The van der Waals surface area contributed by atoms with Gasteiger partial charge in [-0.25, -0.2) is 4.98 Å². The molecule has 7 nitrogen and oxygen atoms in total. The zero-order valence-corrected chi connectivity index (χ0v) is 15.4. The summed E-state index contributed by atoms with van der Waals surface area (Å²) in [6.07, 6.45) is 1.52. The summed E-state index contributed by atoms with van der Waals surface area (Å²) >= 11 is 0. The highest BCUT2D eigenvalue weighted by atomic mass is 19.1. The molecule has 0 saturated heterocycles. The number of rotatable bonds is 4. The number of nitrogens with one attached hydrogen (secondary N) is 1. The third-order valence-electron chi connectivity index (χ3n) is 4.03. The second kappa shape index (κ2) is 7.06. The lowest BCUT2D eigenvalue weighted by atomic mass is 10.1. The monoisotopic (exact) mass is 370 g/mol. The number of fused-ring (bicyclic) bond motifs is 1. The van der Waals surface area contributed by atoms with Crippen molar-refractivity contribution < 1.29 is 18.7 Å². The summed E-state index contributed by atoms with van der Waals surface area (Å²) in [5, 5.41) is 2.58. The van der Waals surface area contributed by atoms with Crippen molar-refractivity contribution >= 4 is 23.1 Å². The highest BCUT2D eigenvalue weighted by Crippen LogP contribution is 2.24. The predicted octanol–water partition coefficient (Wildman–Crippen LogP) is 2.74. The summed E-state index contributed by atoms with van der Waals surface area (Å²) in [5.74, 6) is -1.36. The van der Waals surface area contributed by atoms with Crippen molar-refractivity contribution in [2.24, 2.45) is 0 Å². The Labute approximate surface area is 155 Å². The van der Waals surface area contributed by atoms with Crippen LogP contribution in [0.15, 0.2) is 36.5 Å². The van der Waals surface area contributed by atoms with Gasteiger partial charge >= 0.3 is 0 Å². The number of anilines is 1. The summed E-state index contributed by atoms with van der Waals surface area (Å²) in [5.41, 5.74) is 1.54. The van der Waals surface area contributed by atoms with Crippen molar-refractivity contribution in [3.63, 3.8) is 0 Å². The van der Waals surface area contributed by atoms with Gasteiger partial charge in [0.15, 0.2) is 5.69 Å². The lowest BCUT2D eigenvalue weighted by Gasteiger charge is -2.14. The van der Waals surface area contributed by atoms with Gasteiger partial charge in [-0.3, -0.25) is 14.0 Å². The molecule has 0 atom stereocenters. The first kappa shape index (κ1) is 18.4. The Hall–Kier alpha value is -3.42. The van der Waals surface area contributed by atoms with Crippen molar-refractivity contribution in [2.45, 2.75) is 6.92 Å². The van der Waals surface area contributed by atoms with Crippen LogP contribution in [0.2, 0.25) is 0 Å². The van der Waals surface area contributed by atoms with E-state index < -0.39 is 11.9 Å². The number of carbonyl (C=O) groups excluding carboxylic acids is 2. The fourth-order valence-electron chi connectivity index (χ4n) is 2.65. The van der Waals surface area contributed by atoms with E-state index in [1.807, 2.05) is 6.92 Å². The number of pyridine rings is 1. The maximum Gasteiger partial charge on any atom is 0.279 e. The van der Waals surface area contributed by atoms with Crippen LogP contribution in [-0.2, 0) is 0 Å². The molecule has 0 aliphatic carbocycles. The van der Waals surface area contributed by atoms with Crippen molar-refractivity contribution in [1.29, 1.82) is 0 Å². The first-order valence-electron chi connectivity index (χ1n) is 8.17. The Morgan fingerprint density at radius 3 is 2.63 bits per heavy atom. The fourth-order valence-corrected chi connectivity index (χ4v) is 2.65. The van der Waals surface area contributed by atoms with Gasteiger partial charge in [-0.1, -0.05) is 0 Å². The largest absolute Gasteiger partial charge is 0.496 e. The Morgan fingerprint density at radius 1 is 1.22 bits per heavy atom. The van der Waals surface area contributed by atoms with Gasteiger partial charge in [0.05, 0.1) is 12.7 Å². The van der Waals surface area contributed by atoms with Crippen molar-refractivity contribution in [3.05, 3.63) is 59.3 Å². The molecule has 0 radical (unpaired) electrons. The van der Waals surface area contributed by atoms with Crippen LogP contribution in [0.5, 0.6) is 5.75 Å². The van der Waals surface area contributed by atoms with E-state index in [-0.39, 0.29) is 17.2 Å². The highest BCUT2D eigenvalue weighted by molar-refractivity contribution is 6.05. The summed E-state index contributed by atoms with van der Waals surface area (Å²) in [6, 6.07) is 8.02. The molecule has 2 amide bonds. The molecule has 3 rings (SSSR count). The Kier molecular flexibility index (Phi) is 4.81. The minimum Gasteiger partial charge on any atom is -0.496 e. The summed E-state index contributed by atoms with van der Waals surface area (Å²) < 4.78 is 20.9. The van der Waals surface area contributed by atoms with Gasteiger partial charge in [-0.2, -0.15) is 4.39 Å². The molecule has 2 heterocycles. The number of benzene rings is 1. The molecule has 3 aromatic rings. The average Bonchev–Trinajstić information content (AvgIpc) is 2.96. The zero-order valence-electron chi connectivity index (χ0n) is 15.4. The number of halogens is 1. The molecule has 2 aromatic heterocycles. The number of aromatic nitrogens is 2. The number of imidazole rings is 1. The molecular formula is C19H19FN4O3. The Bertz CT molecular complexity index is 1040. The minimum absolute atomic E-state index is 0.280. The molecule has 0 bridgehead atoms. The van der Waals surface area contributed by atoms with Crippen molar-refractivity contribution in [1.82, 2.24) is 14.3 Å². The van der Waals surface area contributed by atoms with Crippen LogP contribution < -0.4 is 10.1 Å². The number of hydrogen-bond acceptors (Lipinski definition) is 4. The van der Waals surface area contributed by atoms with Gasteiger partial charge < -0.3 is 15.0 Å². The van der Waals surface area contributed by atoms with Gasteiger partial charge in [0.25, 0.3) is 11.8 Å². The van der Waals surface area contributed by atoms with Gasteiger partial charge in [-0.05, 0) is 42.8 Å². The third kappa shape index (κ3) is 3.46. The average molecular weight is 370 g/mol. The number of amides is 2. The molecule has 140 valence electrons. The normalized spacial score (nSPS) is 10.7. The first-order chi connectivity index (χ1) is 12.8. The number of carbonyl (C=O) groups is 2. The third-order valence-corrected chi connectivity index (χ3v) is 4.03. The summed E-state index contributed by atoms with van der Waals surface area (Å²) in [6.45, 7) is 1.85. The molecule has 8 heteroatoms. The molecule has 0 fully saturated rings. The summed E-state index contributed by atoms with van der Waals surface area (Å²) in [4.78, 5) is 30.3. The standard InChI is InChI=1S/C19H19FN4O3/c1-11-7-8-24-15(9-11)22-16(17(24)20)18(25)21-12-5-6-14(27-4)13(10-12)19(26)23(2)3/h5-10H,1-4H3,(H,21,25). The topological polar surface area (TPSA) is 75.9 Å². The van der Waals surface area contributed by atoms with Crippen LogP contribution in [0.25, 0.3) is 5.65 Å². The Balaban J connectivity index is 1.93. The van der Waals surface area contributed by atoms with Crippen molar-refractivity contribution in [2.75, 3.05) is 26.5 Å². The second-order valence-corrected chi connectivity index (χ2v) is 6.25. The van der Waals surface area contributed by atoms with Crippen molar-refractivity contribution in [3.8, 4) is 5.75 Å². The fraction of sp³-hybridized carbons (Fsp3) is 0.211. The molecule has 1 aromatic carbocycles. The number of ether oxygens (including phenoxy) is 1. The predicted molar refractivity (Wildman–Crippen MR) is 98.9 cm³/mol. The van der Waals surface area contributed by atoms with Gasteiger partial charge in [-0.15, -0.1) is 0 Å². The van der Waals surface area contributed by atoms with E-state index >= 15 is 0 Å². The lowest BCUT2D eigenvalue weighted by Crippen LogP contribution is -2.22. The van der Waals surface area contributed by atoms with E-state index in [0.717, 1.165) is 5.56 Å². The first-order valence-corrected chi connectivity index (χ1v) is 8.17. The Morgan fingerprint density at radius 2 is 1.96 bits per heavy atom. The molecule has 0 unspecified atom stereocenters. The molecule has 0 spiro atoms. The van der Waals surface area contributed by atoms with E-state index in [2.05, 4.69) is 10.3 Å². The van der Waals surface area contributed by atoms with Crippen LogP contribution in [0.1, 0.15) is 26.4 Å². The number of nitrogens with zero attached hydrogens (tertiary/aromatic N) is 3. The zero-order chi connectivity index (χ0) is 19.7. The van der Waals surface area contributed by atoms with E-state index in [4.69, 9.17) is 4.74 Å². The maximum atomic E-state index is 14.5. The van der Waals surface area contributed by atoms with Gasteiger partial charge in [0.2, 0.25) is 5.95 Å². The van der Waals surface area contributed by atoms with Crippen LogP contribution >= 0.6 is 0 Å². The highest BCUT2D eigenvalue weighted by Gasteiger charge is 2.21. The molecule has 0 aliphatic rings.